The van der Waals surface area contributed by atoms with E-state index in [9.17, 15) is 4.79 Å². The zero-order valence-corrected chi connectivity index (χ0v) is 12.5. The summed E-state index contributed by atoms with van der Waals surface area (Å²) in [5.74, 6) is -0.121. The first-order valence-electron chi connectivity index (χ1n) is 4.71. The van der Waals surface area contributed by atoms with Crippen LogP contribution in [0.5, 0.6) is 0 Å². The van der Waals surface area contributed by atoms with E-state index < -0.39 is 0 Å². The van der Waals surface area contributed by atoms with Gasteiger partial charge in [0.2, 0.25) is 5.91 Å². The molecule has 1 heterocycles. The molecular formula is C11H15N2OY-. The van der Waals surface area contributed by atoms with Crippen LogP contribution in [0.3, 0.4) is 0 Å². The van der Waals surface area contributed by atoms with E-state index in [1.165, 1.54) is 0 Å². The van der Waals surface area contributed by atoms with Gasteiger partial charge < -0.3 is 10.3 Å². The minimum absolute atomic E-state index is 0. The Morgan fingerprint density at radius 1 is 1.33 bits per heavy atom. The molecule has 0 aliphatic carbocycles. The van der Waals surface area contributed by atoms with Crippen LogP contribution >= 0.6 is 0 Å². The maximum atomic E-state index is 11.5. The average Bonchev–Trinajstić information content (AvgIpc) is 2.11. The largest absolute Gasteiger partial charge is 0.374 e. The zero-order valence-electron chi connectivity index (χ0n) is 9.64. The Morgan fingerprint density at radius 2 is 1.93 bits per heavy atom. The number of hydrogen-bond acceptors (Lipinski definition) is 2. The molecule has 0 bridgehead atoms. The van der Waals surface area contributed by atoms with Gasteiger partial charge in [-0.1, -0.05) is 26.5 Å². The minimum atomic E-state index is -0.121. The summed E-state index contributed by atoms with van der Waals surface area (Å²) in [7, 11) is 0. The molecule has 1 radical (unpaired) electrons. The number of carbonyl (C=O) groups is 1. The van der Waals surface area contributed by atoms with E-state index in [2.05, 4.69) is 16.4 Å². The summed E-state index contributed by atoms with van der Waals surface area (Å²) >= 11 is 0. The minimum Gasteiger partial charge on any atom is -0.374 e. The van der Waals surface area contributed by atoms with E-state index in [1.54, 1.807) is 0 Å². The Balaban J connectivity index is 0.00000196. The number of aromatic nitrogens is 1. The number of rotatable bonds is 2. The van der Waals surface area contributed by atoms with E-state index in [-0.39, 0.29) is 38.6 Å². The molecule has 4 heteroatoms. The zero-order chi connectivity index (χ0) is 10.7. The fraction of sp³-hybridized carbons (Fsp3) is 0.455. The molecule has 1 rings (SSSR count). The molecule has 0 fully saturated rings. The Morgan fingerprint density at radius 3 is 2.47 bits per heavy atom. The summed E-state index contributed by atoms with van der Waals surface area (Å²) in [6.07, 6.45) is 0. The van der Waals surface area contributed by atoms with Crippen LogP contribution < -0.4 is 5.32 Å². The van der Waals surface area contributed by atoms with Crippen molar-refractivity contribution in [3.63, 3.8) is 0 Å². The molecule has 0 aromatic carbocycles. The van der Waals surface area contributed by atoms with Gasteiger partial charge >= 0.3 is 0 Å². The molecule has 15 heavy (non-hydrogen) atoms. The normalized spacial score (nSPS) is 9.33. The average molecular weight is 280 g/mol. The van der Waals surface area contributed by atoms with Crippen LogP contribution in [0, 0.1) is 26.8 Å². The van der Waals surface area contributed by atoms with E-state index >= 15 is 0 Å². The number of aryl methyl sites for hydroxylation is 3. The van der Waals surface area contributed by atoms with Gasteiger partial charge in [0.05, 0.1) is 0 Å². The molecule has 0 atom stereocenters. The monoisotopic (exact) mass is 280 g/mol. The Hall–Kier alpha value is -0.276. The van der Waals surface area contributed by atoms with Gasteiger partial charge in [-0.25, -0.2) is 0 Å². The predicted octanol–water partition coefficient (Wildman–Crippen LogP) is 1.55. The molecule has 1 aromatic heterocycles. The van der Waals surface area contributed by atoms with Crippen molar-refractivity contribution in [2.45, 2.75) is 27.7 Å². The van der Waals surface area contributed by atoms with Gasteiger partial charge in [0.25, 0.3) is 0 Å². The van der Waals surface area contributed by atoms with Gasteiger partial charge in [0.1, 0.15) is 0 Å². The number of amides is 1. The predicted molar refractivity (Wildman–Crippen MR) is 55.3 cm³/mol. The Labute approximate surface area is 116 Å². The van der Waals surface area contributed by atoms with Gasteiger partial charge in [-0.15, -0.1) is 11.1 Å². The van der Waals surface area contributed by atoms with Gasteiger partial charge in [-0.2, -0.15) is 6.07 Å². The van der Waals surface area contributed by atoms with Crippen molar-refractivity contribution in [1.29, 1.82) is 0 Å². The molecule has 0 saturated heterocycles. The molecule has 1 aromatic rings. The Bertz CT molecular complexity index is 364. The van der Waals surface area contributed by atoms with Crippen LogP contribution in [0.4, 0.5) is 0 Å². The third kappa shape index (κ3) is 3.65. The maximum Gasteiger partial charge on any atom is 0.213 e. The fourth-order valence-electron chi connectivity index (χ4n) is 1.23. The van der Waals surface area contributed by atoms with Crippen LogP contribution in [0.1, 0.15) is 34.2 Å². The third-order valence-electron chi connectivity index (χ3n) is 2.10. The number of carbonyl (C=O) groups excluding carboxylic acids is 1. The molecule has 0 aliphatic rings. The van der Waals surface area contributed by atoms with E-state index in [1.807, 2.05) is 27.7 Å². The smallest absolute Gasteiger partial charge is 0.213 e. The first kappa shape index (κ1) is 14.7. The maximum absolute atomic E-state index is 11.5. The van der Waals surface area contributed by atoms with Gasteiger partial charge in [-0.05, 0) is 6.92 Å². The molecule has 0 aliphatic heterocycles. The van der Waals surface area contributed by atoms with Crippen molar-refractivity contribution in [2.24, 2.45) is 0 Å². The van der Waals surface area contributed by atoms with Crippen LogP contribution in [0.25, 0.3) is 0 Å². The summed E-state index contributed by atoms with van der Waals surface area (Å²) < 4.78 is 0. The molecular weight excluding hydrogens is 265 g/mol. The standard InChI is InChI=1S/C11H15N2O.Y/c1-5-12-11(14)10-8(3)6-7(2)9(4)13-10;/h5H2,1-4H3,(H,12,14);/q-1;. The van der Waals surface area contributed by atoms with Crippen LogP contribution in [0.15, 0.2) is 0 Å². The molecule has 79 valence electrons. The topological polar surface area (TPSA) is 42.0 Å². The number of pyridine rings is 1. The van der Waals surface area contributed by atoms with Crippen LogP contribution in [0.2, 0.25) is 0 Å². The molecule has 0 spiro atoms. The second-order valence-electron chi connectivity index (χ2n) is 3.28. The fourth-order valence-corrected chi connectivity index (χ4v) is 1.23. The van der Waals surface area contributed by atoms with Crippen molar-refractivity contribution in [3.05, 3.63) is 28.6 Å². The third-order valence-corrected chi connectivity index (χ3v) is 2.10. The van der Waals surface area contributed by atoms with Crippen molar-refractivity contribution in [2.75, 3.05) is 6.54 Å². The van der Waals surface area contributed by atoms with Crippen molar-refractivity contribution >= 4 is 5.91 Å². The molecule has 0 unspecified atom stereocenters. The summed E-state index contributed by atoms with van der Waals surface area (Å²) in [4.78, 5) is 15.8. The Kier molecular flexibility index (Phi) is 6.22. The summed E-state index contributed by atoms with van der Waals surface area (Å²) in [6, 6.07) is 3.12. The van der Waals surface area contributed by atoms with Crippen molar-refractivity contribution < 1.29 is 37.5 Å². The van der Waals surface area contributed by atoms with E-state index in [0.29, 0.717) is 12.2 Å². The number of nitrogens with one attached hydrogen (secondary N) is 1. The van der Waals surface area contributed by atoms with Gasteiger partial charge in [-0.3, -0.25) is 4.79 Å². The van der Waals surface area contributed by atoms with Gasteiger partial charge in [0, 0.05) is 44.9 Å². The van der Waals surface area contributed by atoms with Crippen molar-refractivity contribution in [3.8, 4) is 0 Å². The summed E-state index contributed by atoms with van der Waals surface area (Å²) in [6.45, 7) is 8.18. The first-order chi connectivity index (χ1) is 6.56. The molecule has 3 nitrogen and oxygen atoms in total. The second-order valence-corrected chi connectivity index (χ2v) is 3.28. The summed E-state index contributed by atoms with van der Waals surface area (Å²) in [5.41, 5.74) is 3.14. The van der Waals surface area contributed by atoms with Crippen LogP contribution in [-0.2, 0) is 32.7 Å². The molecule has 0 saturated carbocycles. The SMILES string of the molecule is CCNC(=O)c1nc(C)c(C)[c-]c1C.[Y]. The molecule has 1 N–H and O–H groups in total. The first-order valence-corrected chi connectivity index (χ1v) is 4.71. The molecule has 1 amide bonds. The second kappa shape index (κ2) is 6.34. The van der Waals surface area contributed by atoms with E-state index in [4.69, 9.17) is 0 Å². The van der Waals surface area contributed by atoms with E-state index in [0.717, 1.165) is 16.8 Å². The van der Waals surface area contributed by atoms with Crippen LogP contribution in [-0.4, -0.2) is 17.4 Å². The van der Waals surface area contributed by atoms with Gasteiger partial charge in [0.15, 0.2) is 0 Å². The summed E-state index contributed by atoms with van der Waals surface area (Å²) in [5, 5.41) is 2.73. The quantitative estimate of drug-likeness (QED) is 0.835. The number of nitrogens with zero attached hydrogens (tertiary/aromatic N) is 1. The number of hydrogen-bond donors (Lipinski definition) is 1. The van der Waals surface area contributed by atoms with Crippen molar-refractivity contribution in [1.82, 2.24) is 10.3 Å².